The average molecular weight is 409 g/mol. The molecule has 6 nitrogen and oxygen atoms in total. The Balaban J connectivity index is 1.74. The first-order chi connectivity index (χ1) is 12.9. The molecule has 1 fully saturated rings. The monoisotopic (exact) mass is 408 g/mol. The van der Waals surface area contributed by atoms with Crippen molar-refractivity contribution in [3.05, 3.63) is 46.1 Å². The van der Waals surface area contributed by atoms with Crippen LogP contribution < -0.4 is 10.6 Å². The average Bonchev–Trinajstić information content (AvgIpc) is 3.27. The van der Waals surface area contributed by atoms with Crippen LogP contribution in [0, 0.1) is 5.92 Å². The van der Waals surface area contributed by atoms with Gasteiger partial charge in [0.2, 0.25) is 11.8 Å². The molecular weight excluding hydrogens is 387 g/mol. The van der Waals surface area contributed by atoms with E-state index in [0.29, 0.717) is 22.4 Å². The maximum absolute atomic E-state index is 12.8. The molecule has 1 aliphatic rings. The van der Waals surface area contributed by atoms with Gasteiger partial charge in [0, 0.05) is 23.0 Å². The Morgan fingerprint density at radius 2 is 2.00 bits per heavy atom. The van der Waals surface area contributed by atoms with Crippen LogP contribution in [0.25, 0.3) is 0 Å². The summed E-state index contributed by atoms with van der Waals surface area (Å²) in [4.78, 5) is 24.4. The van der Waals surface area contributed by atoms with Gasteiger partial charge in [-0.15, -0.1) is 0 Å². The summed E-state index contributed by atoms with van der Waals surface area (Å²) in [6.45, 7) is 1.83. The minimum Gasteiger partial charge on any atom is -0.344 e. The third kappa shape index (κ3) is 5.02. The molecule has 1 aliphatic carbocycles. The molecule has 1 saturated carbocycles. The highest BCUT2D eigenvalue weighted by Crippen LogP contribution is 2.28. The van der Waals surface area contributed by atoms with Gasteiger partial charge in [0.05, 0.1) is 12.7 Å². The zero-order valence-corrected chi connectivity index (χ0v) is 16.6. The first-order valence-electron chi connectivity index (χ1n) is 8.98. The van der Waals surface area contributed by atoms with Crippen LogP contribution in [0.3, 0.4) is 0 Å². The predicted molar refractivity (Wildman–Crippen MR) is 106 cm³/mol. The number of carbonyl (C=O) groups excluding carboxylic acids is 2. The number of aromatic nitrogens is 2. The number of carbonyl (C=O) groups is 2. The zero-order valence-electron chi connectivity index (χ0n) is 15.0. The van der Waals surface area contributed by atoms with Gasteiger partial charge in [0.1, 0.15) is 11.9 Å². The lowest BCUT2D eigenvalue weighted by Crippen LogP contribution is -2.47. The quantitative estimate of drug-likeness (QED) is 0.761. The Morgan fingerprint density at radius 1 is 1.26 bits per heavy atom. The van der Waals surface area contributed by atoms with Gasteiger partial charge in [-0.3, -0.25) is 9.59 Å². The van der Waals surface area contributed by atoms with Crippen LogP contribution in [-0.4, -0.2) is 27.6 Å². The lowest BCUT2D eigenvalue weighted by Gasteiger charge is -2.23. The maximum atomic E-state index is 12.8. The molecule has 3 rings (SSSR count). The van der Waals surface area contributed by atoms with E-state index < -0.39 is 6.04 Å². The number of nitrogens with one attached hydrogen (secondary N) is 2. The highest BCUT2D eigenvalue weighted by atomic mass is 35.5. The van der Waals surface area contributed by atoms with Gasteiger partial charge in [-0.2, -0.15) is 5.10 Å². The number of amides is 2. The first kappa shape index (κ1) is 19.7. The van der Waals surface area contributed by atoms with Crippen molar-refractivity contribution in [3.8, 4) is 0 Å². The lowest BCUT2D eigenvalue weighted by molar-refractivity contribution is -0.126. The highest BCUT2D eigenvalue weighted by molar-refractivity contribution is 6.35. The molecule has 0 radical (unpaired) electrons. The smallest absolute Gasteiger partial charge is 0.248 e. The number of benzene rings is 1. The van der Waals surface area contributed by atoms with Crippen LogP contribution in [0.4, 0.5) is 5.82 Å². The zero-order chi connectivity index (χ0) is 19.4. The molecule has 0 bridgehead atoms. The second kappa shape index (κ2) is 8.76. The summed E-state index contributed by atoms with van der Waals surface area (Å²) in [6.07, 6.45) is 5.67. The minimum absolute atomic E-state index is 0.163. The molecule has 0 aliphatic heterocycles. The molecule has 27 heavy (non-hydrogen) atoms. The highest BCUT2D eigenvalue weighted by Gasteiger charge is 2.31. The van der Waals surface area contributed by atoms with Gasteiger partial charge < -0.3 is 10.6 Å². The van der Waals surface area contributed by atoms with E-state index in [1.807, 2.05) is 6.07 Å². The molecule has 8 heteroatoms. The molecule has 1 aromatic heterocycles. The van der Waals surface area contributed by atoms with Crippen molar-refractivity contribution >= 4 is 40.8 Å². The van der Waals surface area contributed by atoms with E-state index in [1.54, 1.807) is 29.1 Å². The van der Waals surface area contributed by atoms with Crippen LogP contribution in [0.5, 0.6) is 0 Å². The summed E-state index contributed by atoms with van der Waals surface area (Å²) in [5, 5.41) is 11.1. The molecular formula is C19H22Cl2N4O2. The molecule has 144 valence electrons. The topological polar surface area (TPSA) is 76.0 Å². The van der Waals surface area contributed by atoms with Gasteiger partial charge in [-0.25, -0.2) is 4.68 Å². The fraction of sp³-hybridized carbons (Fsp3) is 0.421. The van der Waals surface area contributed by atoms with Crippen molar-refractivity contribution in [1.82, 2.24) is 15.1 Å². The molecule has 1 heterocycles. The van der Waals surface area contributed by atoms with Gasteiger partial charge in [0.25, 0.3) is 0 Å². The maximum Gasteiger partial charge on any atom is 0.248 e. The largest absolute Gasteiger partial charge is 0.344 e. The van der Waals surface area contributed by atoms with E-state index in [1.165, 1.54) is 6.92 Å². The van der Waals surface area contributed by atoms with Crippen molar-refractivity contribution in [2.24, 2.45) is 5.92 Å². The Morgan fingerprint density at radius 3 is 2.67 bits per heavy atom. The molecule has 2 N–H and O–H groups in total. The number of rotatable bonds is 6. The fourth-order valence-corrected chi connectivity index (χ4v) is 3.96. The number of hydrogen-bond acceptors (Lipinski definition) is 3. The van der Waals surface area contributed by atoms with Crippen molar-refractivity contribution in [1.29, 1.82) is 0 Å². The van der Waals surface area contributed by atoms with E-state index in [-0.39, 0.29) is 17.7 Å². The lowest BCUT2D eigenvalue weighted by atomic mass is 9.97. The molecule has 1 unspecified atom stereocenters. The molecule has 0 spiro atoms. The fourth-order valence-electron chi connectivity index (χ4n) is 3.49. The SMILES string of the molecule is CC(=O)NC(C(=O)Nc1ccnn1Cc1ccc(Cl)cc1Cl)C1CCCC1. The molecule has 0 saturated heterocycles. The van der Waals surface area contributed by atoms with Crippen molar-refractivity contribution in [3.63, 3.8) is 0 Å². The molecule has 1 aromatic carbocycles. The Labute approximate surface area is 168 Å². The van der Waals surface area contributed by atoms with Crippen LogP contribution in [0.15, 0.2) is 30.5 Å². The van der Waals surface area contributed by atoms with Crippen LogP contribution in [-0.2, 0) is 16.1 Å². The summed E-state index contributed by atoms with van der Waals surface area (Å²) in [5.74, 6) is 0.292. The van der Waals surface area contributed by atoms with Crippen molar-refractivity contribution < 1.29 is 9.59 Å². The van der Waals surface area contributed by atoms with E-state index >= 15 is 0 Å². The van der Waals surface area contributed by atoms with E-state index in [4.69, 9.17) is 23.2 Å². The molecule has 2 aromatic rings. The number of hydrogen-bond donors (Lipinski definition) is 2. The van der Waals surface area contributed by atoms with E-state index in [0.717, 1.165) is 31.2 Å². The third-order valence-corrected chi connectivity index (χ3v) is 5.40. The standard InChI is InChI=1S/C19H22Cl2N4O2/c1-12(26)23-18(13-4-2-3-5-13)19(27)24-17-8-9-22-25(17)11-14-6-7-15(20)10-16(14)21/h6-10,13,18H,2-5,11H2,1H3,(H,23,26)(H,24,27). The van der Waals surface area contributed by atoms with E-state index in [2.05, 4.69) is 15.7 Å². The van der Waals surface area contributed by atoms with Crippen molar-refractivity contribution in [2.45, 2.75) is 45.2 Å². The predicted octanol–water partition coefficient (Wildman–Crippen LogP) is 3.87. The second-order valence-electron chi connectivity index (χ2n) is 6.82. The number of halogens is 2. The van der Waals surface area contributed by atoms with Crippen LogP contribution in [0.1, 0.15) is 38.2 Å². The molecule has 2 amide bonds. The Bertz CT molecular complexity index is 831. The summed E-state index contributed by atoms with van der Waals surface area (Å²) in [7, 11) is 0. The van der Waals surface area contributed by atoms with Gasteiger partial charge in [-0.1, -0.05) is 42.1 Å². The Kier molecular flexibility index (Phi) is 6.39. The summed E-state index contributed by atoms with van der Waals surface area (Å²) < 4.78 is 1.66. The van der Waals surface area contributed by atoms with Crippen molar-refractivity contribution in [2.75, 3.05) is 5.32 Å². The minimum atomic E-state index is -0.535. The normalized spacial score (nSPS) is 15.5. The summed E-state index contributed by atoms with van der Waals surface area (Å²) in [6, 6.07) is 6.45. The van der Waals surface area contributed by atoms with E-state index in [9.17, 15) is 9.59 Å². The van der Waals surface area contributed by atoms with Gasteiger partial charge >= 0.3 is 0 Å². The van der Waals surface area contributed by atoms with Gasteiger partial charge in [-0.05, 0) is 36.5 Å². The third-order valence-electron chi connectivity index (χ3n) is 4.82. The van der Waals surface area contributed by atoms with Crippen LogP contribution >= 0.6 is 23.2 Å². The summed E-state index contributed by atoms with van der Waals surface area (Å²) >= 11 is 12.2. The number of anilines is 1. The second-order valence-corrected chi connectivity index (χ2v) is 7.67. The number of nitrogens with zero attached hydrogens (tertiary/aromatic N) is 2. The Hall–Kier alpha value is -2.05. The molecule has 1 atom stereocenters. The van der Waals surface area contributed by atoms with Gasteiger partial charge in [0.15, 0.2) is 0 Å². The first-order valence-corrected chi connectivity index (χ1v) is 9.73. The van der Waals surface area contributed by atoms with Crippen LogP contribution in [0.2, 0.25) is 10.0 Å². The summed E-state index contributed by atoms with van der Waals surface area (Å²) in [5.41, 5.74) is 0.842.